The van der Waals surface area contributed by atoms with Crippen molar-refractivity contribution in [1.82, 2.24) is 0 Å². The number of fused-ring (bicyclic) bond motifs is 4. The van der Waals surface area contributed by atoms with Gasteiger partial charge in [0.1, 0.15) is 0 Å². The molecule has 3 fully saturated rings. The molecular formula is C11H14Na2O4. The molecule has 84 valence electrons. The molecule has 0 amide bonds. The minimum Gasteiger partial charge on any atom is -0.550 e. The van der Waals surface area contributed by atoms with E-state index in [0.717, 1.165) is 25.7 Å². The summed E-state index contributed by atoms with van der Waals surface area (Å²) < 4.78 is 0. The normalized spacial score (nSPS) is 35.1. The third-order valence-electron chi connectivity index (χ3n) is 3.99. The van der Waals surface area contributed by atoms with Gasteiger partial charge in [-0.2, -0.15) is 0 Å². The molecule has 3 saturated carbocycles. The summed E-state index contributed by atoms with van der Waals surface area (Å²) in [4.78, 5) is 21.9. The van der Waals surface area contributed by atoms with Crippen LogP contribution in [-0.2, 0) is 9.59 Å². The fraction of sp³-hybridized carbons (Fsp3) is 0.818. The van der Waals surface area contributed by atoms with Crippen LogP contribution in [0.2, 0.25) is 0 Å². The number of carboxylic acids is 2. The van der Waals surface area contributed by atoms with Crippen LogP contribution in [0.15, 0.2) is 0 Å². The summed E-state index contributed by atoms with van der Waals surface area (Å²) in [6.45, 7) is 0. The van der Waals surface area contributed by atoms with Gasteiger partial charge in [0.15, 0.2) is 0 Å². The van der Waals surface area contributed by atoms with Crippen LogP contribution in [-0.4, -0.2) is 11.9 Å². The second kappa shape index (κ2) is 7.51. The molecule has 0 heterocycles. The molecule has 2 atom stereocenters. The monoisotopic (exact) mass is 256 g/mol. The molecule has 0 spiro atoms. The molecule has 0 aliphatic heterocycles. The van der Waals surface area contributed by atoms with Crippen molar-refractivity contribution in [2.24, 2.45) is 23.7 Å². The van der Waals surface area contributed by atoms with Gasteiger partial charge >= 0.3 is 59.1 Å². The Morgan fingerprint density at radius 2 is 1.41 bits per heavy atom. The number of carboxylic acid groups (broad SMARTS) is 2. The Hall–Kier alpha value is 0.940. The SMILES string of the molecule is O=C([O-])C1CC2CCC(CC2)C1C(=O)[O-].[Na+].[Na+]. The topological polar surface area (TPSA) is 80.3 Å². The van der Waals surface area contributed by atoms with E-state index in [2.05, 4.69) is 0 Å². The molecule has 2 bridgehead atoms. The van der Waals surface area contributed by atoms with Gasteiger partial charge in [-0.05, 0) is 31.1 Å². The van der Waals surface area contributed by atoms with Crippen LogP contribution >= 0.6 is 0 Å². The van der Waals surface area contributed by atoms with Gasteiger partial charge in [-0.25, -0.2) is 0 Å². The maximum atomic E-state index is 11.0. The first kappa shape index (κ1) is 17.9. The third kappa shape index (κ3) is 3.95. The molecule has 0 aromatic heterocycles. The van der Waals surface area contributed by atoms with E-state index in [1.807, 2.05) is 0 Å². The molecule has 17 heavy (non-hydrogen) atoms. The quantitative estimate of drug-likeness (QED) is 0.460. The number of hydrogen-bond acceptors (Lipinski definition) is 4. The van der Waals surface area contributed by atoms with Crippen LogP contribution in [0.5, 0.6) is 0 Å². The first-order valence-corrected chi connectivity index (χ1v) is 5.51. The van der Waals surface area contributed by atoms with E-state index in [0.29, 0.717) is 12.3 Å². The first-order chi connectivity index (χ1) is 7.09. The van der Waals surface area contributed by atoms with E-state index in [4.69, 9.17) is 0 Å². The molecule has 2 unspecified atom stereocenters. The van der Waals surface area contributed by atoms with Gasteiger partial charge in [0.25, 0.3) is 0 Å². The fourth-order valence-corrected chi connectivity index (χ4v) is 3.22. The standard InChI is InChI=1S/C11H16O4.2Na/c12-10(13)8-5-6-1-3-7(4-2-6)9(8)11(14)15;;/h6-9H,1-5H2,(H,12,13)(H,14,15);;/q;2*+1/p-2. The van der Waals surface area contributed by atoms with Gasteiger partial charge in [0.05, 0.1) is 0 Å². The van der Waals surface area contributed by atoms with Crippen molar-refractivity contribution >= 4 is 11.9 Å². The summed E-state index contributed by atoms with van der Waals surface area (Å²) in [7, 11) is 0. The second-order valence-corrected chi connectivity index (χ2v) is 4.79. The third-order valence-corrected chi connectivity index (χ3v) is 3.99. The molecule has 3 aliphatic rings. The van der Waals surface area contributed by atoms with Gasteiger partial charge in [-0.3, -0.25) is 0 Å². The summed E-state index contributed by atoms with van der Waals surface area (Å²) in [5.41, 5.74) is 0. The van der Waals surface area contributed by atoms with Crippen LogP contribution in [0.4, 0.5) is 0 Å². The molecule has 3 rings (SSSR count). The average molecular weight is 256 g/mol. The van der Waals surface area contributed by atoms with Gasteiger partial charge < -0.3 is 19.8 Å². The molecule has 4 nitrogen and oxygen atoms in total. The van der Waals surface area contributed by atoms with E-state index in [1.165, 1.54) is 0 Å². The number of carbonyl (C=O) groups excluding carboxylic acids is 2. The van der Waals surface area contributed by atoms with Crippen molar-refractivity contribution in [2.45, 2.75) is 32.1 Å². The Balaban J connectivity index is 0.00000128. The summed E-state index contributed by atoms with van der Waals surface area (Å²) in [6.07, 6.45) is 4.02. The molecule has 0 N–H and O–H groups in total. The predicted molar refractivity (Wildman–Crippen MR) is 47.1 cm³/mol. The van der Waals surface area contributed by atoms with Crippen LogP contribution in [0, 0.1) is 23.7 Å². The largest absolute Gasteiger partial charge is 1.00 e. The van der Waals surface area contributed by atoms with Crippen LogP contribution in [0.25, 0.3) is 0 Å². The first-order valence-electron chi connectivity index (χ1n) is 5.51. The van der Waals surface area contributed by atoms with Crippen molar-refractivity contribution in [3.05, 3.63) is 0 Å². The predicted octanol–water partition coefficient (Wildman–Crippen LogP) is -7.06. The van der Waals surface area contributed by atoms with Crippen molar-refractivity contribution in [3.63, 3.8) is 0 Å². The number of aliphatic carboxylic acids is 2. The Labute approximate surface area is 145 Å². The minimum absolute atomic E-state index is 0. The Bertz CT molecular complexity index is 287. The van der Waals surface area contributed by atoms with Crippen molar-refractivity contribution in [1.29, 1.82) is 0 Å². The van der Waals surface area contributed by atoms with E-state index < -0.39 is 23.8 Å². The van der Waals surface area contributed by atoms with Crippen LogP contribution in [0.3, 0.4) is 0 Å². The minimum atomic E-state index is -1.22. The number of carbonyl (C=O) groups is 2. The van der Waals surface area contributed by atoms with E-state index in [-0.39, 0.29) is 65.0 Å². The number of rotatable bonds is 2. The molecular weight excluding hydrogens is 242 g/mol. The van der Waals surface area contributed by atoms with Gasteiger partial charge in [0.2, 0.25) is 0 Å². The van der Waals surface area contributed by atoms with E-state index in [9.17, 15) is 19.8 Å². The molecule has 6 heteroatoms. The fourth-order valence-electron chi connectivity index (χ4n) is 3.22. The summed E-state index contributed by atoms with van der Waals surface area (Å²) >= 11 is 0. The zero-order chi connectivity index (χ0) is 11.0. The molecule has 3 aliphatic carbocycles. The molecule has 0 aromatic rings. The van der Waals surface area contributed by atoms with E-state index >= 15 is 0 Å². The summed E-state index contributed by atoms with van der Waals surface area (Å²) in [5.74, 6) is -3.75. The van der Waals surface area contributed by atoms with Gasteiger partial charge in [-0.1, -0.05) is 12.8 Å². The maximum Gasteiger partial charge on any atom is 1.00 e. The van der Waals surface area contributed by atoms with Crippen molar-refractivity contribution in [2.75, 3.05) is 0 Å². The maximum absolute atomic E-state index is 11.0. The Kier molecular flexibility index (Phi) is 7.93. The van der Waals surface area contributed by atoms with Crippen LogP contribution < -0.4 is 69.3 Å². The Morgan fingerprint density at radius 1 is 0.882 bits per heavy atom. The molecule has 0 radical (unpaired) electrons. The smallest absolute Gasteiger partial charge is 0.550 e. The van der Waals surface area contributed by atoms with Crippen molar-refractivity contribution in [3.8, 4) is 0 Å². The zero-order valence-electron chi connectivity index (χ0n) is 10.5. The summed E-state index contributed by atoms with van der Waals surface area (Å²) in [5, 5.41) is 21.9. The second-order valence-electron chi connectivity index (χ2n) is 4.79. The van der Waals surface area contributed by atoms with Crippen molar-refractivity contribution < 1.29 is 78.9 Å². The summed E-state index contributed by atoms with van der Waals surface area (Å²) in [6, 6.07) is 0. The Morgan fingerprint density at radius 3 is 1.82 bits per heavy atom. The van der Waals surface area contributed by atoms with Gasteiger partial charge in [-0.15, -0.1) is 0 Å². The average Bonchev–Trinajstić information content (AvgIpc) is 2.46. The van der Waals surface area contributed by atoms with Gasteiger partial charge in [0, 0.05) is 23.8 Å². The molecule has 0 saturated heterocycles. The van der Waals surface area contributed by atoms with E-state index in [1.54, 1.807) is 0 Å². The van der Waals surface area contributed by atoms with Crippen LogP contribution in [0.1, 0.15) is 32.1 Å². The molecule has 0 aromatic carbocycles. The number of hydrogen-bond donors (Lipinski definition) is 0. The zero-order valence-corrected chi connectivity index (χ0v) is 14.5.